The van der Waals surface area contributed by atoms with Crippen molar-refractivity contribution in [3.63, 3.8) is 0 Å². The molecule has 1 amide bonds. The van der Waals surface area contributed by atoms with E-state index in [1.807, 2.05) is 41.3 Å². The van der Waals surface area contributed by atoms with Crippen molar-refractivity contribution in [2.75, 3.05) is 20.2 Å². The molecule has 0 unspecified atom stereocenters. The fourth-order valence-electron chi connectivity index (χ4n) is 3.59. The monoisotopic (exact) mass is 390 g/mol. The Hall–Kier alpha value is -3.32. The van der Waals surface area contributed by atoms with Gasteiger partial charge in [0, 0.05) is 43.9 Å². The predicted octanol–water partition coefficient (Wildman–Crippen LogP) is 2.61. The van der Waals surface area contributed by atoms with Gasteiger partial charge in [0.15, 0.2) is 5.82 Å². The van der Waals surface area contributed by atoms with Gasteiger partial charge in [0.05, 0.1) is 12.3 Å². The maximum Gasteiger partial charge on any atom is 0.253 e. The Labute approximate surface area is 168 Å². The number of nitrogens with one attached hydrogen (secondary N) is 1. The molecule has 29 heavy (non-hydrogen) atoms. The Bertz CT molecular complexity index is 1050. The Balaban J connectivity index is 1.50. The number of hydrogen-bond acceptors (Lipinski definition) is 5. The van der Waals surface area contributed by atoms with E-state index in [1.54, 1.807) is 19.4 Å². The van der Waals surface area contributed by atoms with E-state index in [9.17, 15) is 9.59 Å². The number of aromatic nitrogens is 3. The van der Waals surface area contributed by atoms with Crippen LogP contribution in [0, 0.1) is 0 Å². The normalized spacial score (nSPS) is 16.2. The lowest BCUT2D eigenvalue weighted by Gasteiger charge is -2.17. The third-order valence-electron chi connectivity index (χ3n) is 5.07. The Morgan fingerprint density at radius 1 is 1.24 bits per heavy atom. The van der Waals surface area contributed by atoms with Crippen LogP contribution in [-0.4, -0.2) is 46.0 Å². The number of carbonyl (C=O) groups excluding carboxylic acids is 1. The van der Waals surface area contributed by atoms with E-state index in [4.69, 9.17) is 4.74 Å². The first-order valence-corrected chi connectivity index (χ1v) is 9.54. The number of methoxy groups -OCH3 is 1. The summed E-state index contributed by atoms with van der Waals surface area (Å²) in [6, 6.07) is 14.5. The summed E-state index contributed by atoms with van der Waals surface area (Å²) in [6.07, 6.45) is 2.43. The molecule has 7 heteroatoms. The van der Waals surface area contributed by atoms with E-state index < -0.39 is 0 Å². The van der Waals surface area contributed by atoms with Crippen molar-refractivity contribution in [3.05, 3.63) is 81.9 Å². The lowest BCUT2D eigenvalue weighted by atomic mass is 10.0. The molecule has 1 atom stereocenters. The average Bonchev–Trinajstić information content (AvgIpc) is 3.25. The van der Waals surface area contributed by atoms with Crippen LogP contribution in [-0.2, 0) is 11.3 Å². The smallest absolute Gasteiger partial charge is 0.253 e. The number of likely N-dealkylation sites (tertiary alicyclic amines) is 1. The molecule has 3 heterocycles. The highest BCUT2D eigenvalue weighted by Crippen LogP contribution is 2.27. The van der Waals surface area contributed by atoms with E-state index in [-0.39, 0.29) is 17.4 Å². The van der Waals surface area contributed by atoms with Gasteiger partial charge in [-0.1, -0.05) is 18.2 Å². The summed E-state index contributed by atoms with van der Waals surface area (Å²) in [5.41, 5.74) is 2.78. The molecule has 1 aromatic carbocycles. The van der Waals surface area contributed by atoms with Gasteiger partial charge < -0.3 is 14.6 Å². The molecular formula is C22H22N4O3. The van der Waals surface area contributed by atoms with Crippen LogP contribution in [0.1, 0.15) is 34.0 Å². The summed E-state index contributed by atoms with van der Waals surface area (Å²) in [5, 5.41) is 0. The second-order valence-corrected chi connectivity index (χ2v) is 7.10. The Kier molecular flexibility index (Phi) is 5.48. The Morgan fingerprint density at radius 3 is 2.79 bits per heavy atom. The van der Waals surface area contributed by atoms with Crippen LogP contribution in [0.3, 0.4) is 0 Å². The SMILES string of the molecule is COCc1ccc(C(=O)N2CC[C@H](c3cc(=O)[nH]c(-c4ccccn4)n3)C2)cc1. The average molecular weight is 390 g/mol. The molecule has 1 saturated heterocycles. The highest BCUT2D eigenvalue weighted by atomic mass is 16.5. The van der Waals surface area contributed by atoms with Gasteiger partial charge >= 0.3 is 0 Å². The van der Waals surface area contributed by atoms with Crippen LogP contribution in [0.25, 0.3) is 11.5 Å². The van der Waals surface area contributed by atoms with Gasteiger partial charge in [-0.25, -0.2) is 4.98 Å². The molecular weight excluding hydrogens is 368 g/mol. The number of pyridine rings is 1. The summed E-state index contributed by atoms with van der Waals surface area (Å²) >= 11 is 0. The number of carbonyl (C=O) groups is 1. The lowest BCUT2D eigenvalue weighted by molar-refractivity contribution is 0.0790. The van der Waals surface area contributed by atoms with Crippen LogP contribution in [0.2, 0.25) is 0 Å². The van der Waals surface area contributed by atoms with Crippen LogP contribution in [0.15, 0.2) is 59.5 Å². The highest BCUT2D eigenvalue weighted by molar-refractivity contribution is 5.94. The molecule has 0 saturated carbocycles. The summed E-state index contributed by atoms with van der Waals surface area (Å²) in [4.78, 5) is 38.4. The number of benzene rings is 1. The van der Waals surface area contributed by atoms with Crippen molar-refractivity contribution >= 4 is 5.91 Å². The molecule has 0 radical (unpaired) electrons. The quantitative estimate of drug-likeness (QED) is 0.723. The van der Waals surface area contributed by atoms with Gasteiger partial charge in [-0.05, 0) is 36.2 Å². The predicted molar refractivity (Wildman–Crippen MR) is 109 cm³/mol. The van der Waals surface area contributed by atoms with Crippen molar-refractivity contribution in [1.82, 2.24) is 19.9 Å². The maximum absolute atomic E-state index is 12.8. The topological polar surface area (TPSA) is 88.2 Å². The molecule has 1 fully saturated rings. The number of ether oxygens (including phenoxy) is 1. The molecule has 3 aromatic rings. The molecule has 1 N–H and O–H groups in total. The number of amides is 1. The van der Waals surface area contributed by atoms with Gasteiger partial charge in [0.1, 0.15) is 5.69 Å². The van der Waals surface area contributed by atoms with Gasteiger partial charge in [0.2, 0.25) is 0 Å². The van der Waals surface area contributed by atoms with Crippen molar-refractivity contribution < 1.29 is 9.53 Å². The van der Waals surface area contributed by atoms with Gasteiger partial charge in [-0.3, -0.25) is 14.6 Å². The van der Waals surface area contributed by atoms with Crippen LogP contribution < -0.4 is 5.56 Å². The molecule has 4 rings (SSSR count). The van der Waals surface area contributed by atoms with Crippen molar-refractivity contribution in [3.8, 4) is 11.5 Å². The first-order chi connectivity index (χ1) is 14.1. The van der Waals surface area contributed by atoms with E-state index in [2.05, 4.69) is 15.0 Å². The standard InChI is InChI=1S/C22H22N4O3/c1-29-14-15-5-7-16(8-6-15)22(28)26-11-9-17(13-26)19-12-20(27)25-21(24-19)18-4-2-3-10-23-18/h2-8,10,12,17H,9,11,13-14H2,1H3,(H,24,25,27)/t17-/m0/s1. The lowest BCUT2D eigenvalue weighted by Crippen LogP contribution is -2.28. The number of hydrogen-bond donors (Lipinski definition) is 1. The minimum Gasteiger partial charge on any atom is -0.380 e. The Morgan fingerprint density at radius 2 is 2.07 bits per heavy atom. The van der Waals surface area contributed by atoms with Crippen LogP contribution >= 0.6 is 0 Å². The second kappa shape index (κ2) is 8.36. The molecule has 1 aliphatic heterocycles. The molecule has 0 aliphatic carbocycles. The summed E-state index contributed by atoms with van der Waals surface area (Å²) in [7, 11) is 1.64. The van der Waals surface area contributed by atoms with E-state index >= 15 is 0 Å². The minimum atomic E-state index is -0.214. The molecule has 148 valence electrons. The molecule has 2 aromatic heterocycles. The second-order valence-electron chi connectivity index (χ2n) is 7.10. The summed E-state index contributed by atoms with van der Waals surface area (Å²) in [5.74, 6) is 0.467. The van der Waals surface area contributed by atoms with E-state index in [0.29, 0.717) is 42.5 Å². The molecule has 0 bridgehead atoms. The van der Waals surface area contributed by atoms with Crippen molar-refractivity contribution in [2.24, 2.45) is 0 Å². The van der Waals surface area contributed by atoms with Crippen LogP contribution in [0.5, 0.6) is 0 Å². The molecule has 1 aliphatic rings. The summed E-state index contributed by atoms with van der Waals surface area (Å²) in [6.45, 7) is 1.70. The van der Waals surface area contributed by atoms with E-state index in [0.717, 1.165) is 12.0 Å². The van der Waals surface area contributed by atoms with Gasteiger partial charge in [0.25, 0.3) is 11.5 Å². The van der Waals surface area contributed by atoms with Gasteiger partial charge in [-0.2, -0.15) is 0 Å². The number of H-pyrrole nitrogens is 1. The van der Waals surface area contributed by atoms with Gasteiger partial charge in [-0.15, -0.1) is 0 Å². The van der Waals surface area contributed by atoms with Crippen molar-refractivity contribution in [2.45, 2.75) is 18.9 Å². The zero-order valence-electron chi connectivity index (χ0n) is 16.2. The zero-order valence-corrected chi connectivity index (χ0v) is 16.2. The molecule has 0 spiro atoms. The first-order valence-electron chi connectivity index (χ1n) is 9.54. The molecule has 7 nitrogen and oxygen atoms in total. The number of nitrogens with zero attached hydrogens (tertiary/aromatic N) is 3. The highest BCUT2D eigenvalue weighted by Gasteiger charge is 2.29. The first kappa shape index (κ1) is 19.0. The zero-order chi connectivity index (χ0) is 20.2. The maximum atomic E-state index is 12.8. The fraction of sp³-hybridized carbons (Fsp3) is 0.273. The minimum absolute atomic E-state index is 0.00810. The van der Waals surface area contributed by atoms with E-state index in [1.165, 1.54) is 6.07 Å². The fourth-order valence-corrected chi connectivity index (χ4v) is 3.59. The number of aromatic amines is 1. The largest absolute Gasteiger partial charge is 0.380 e. The van der Waals surface area contributed by atoms with Crippen LogP contribution in [0.4, 0.5) is 0 Å². The summed E-state index contributed by atoms with van der Waals surface area (Å²) < 4.78 is 5.11. The third-order valence-corrected chi connectivity index (χ3v) is 5.07. The number of rotatable bonds is 5. The van der Waals surface area contributed by atoms with Crippen molar-refractivity contribution in [1.29, 1.82) is 0 Å². The third kappa shape index (κ3) is 4.25.